The van der Waals surface area contributed by atoms with Crippen molar-refractivity contribution in [3.8, 4) is 17.3 Å². The van der Waals surface area contributed by atoms with Crippen LogP contribution >= 0.6 is 0 Å². The fourth-order valence-corrected chi connectivity index (χ4v) is 4.15. The molecule has 9 heteroatoms. The summed E-state index contributed by atoms with van der Waals surface area (Å²) in [6.45, 7) is 1.60. The van der Waals surface area contributed by atoms with Crippen molar-refractivity contribution in [1.29, 1.82) is 0 Å². The van der Waals surface area contributed by atoms with Crippen molar-refractivity contribution < 1.29 is 9.53 Å². The molecule has 4 rings (SSSR count). The number of carbonyl (C=O) groups is 1. The van der Waals surface area contributed by atoms with Gasteiger partial charge in [-0.05, 0) is 36.8 Å². The van der Waals surface area contributed by atoms with Crippen LogP contribution < -0.4 is 21.9 Å². The number of rotatable bonds is 7. The fraction of sp³-hybridized carbons (Fsp3) is 0.429. The van der Waals surface area contributed by atoms with Gasteiger partial charge in [-0.2, -0.15) is 4.98 Å². The predicted molar refractivity (Wildman–Crippen MR) is 112 cm³/mol. The summed E-state index contributed by atoms with van der Waals surface area (Å²) in [4.78, 5) is 35.3. The van der Waals surface area contributed by atoms with E-state index in [9.17, 15) is 9.59 Å². The average molecular weight is 410 g/mol. The van der Waals surface area contributed by atoms with E-state index in [0.29, 0.717) is 36.8 Å². The number of hydrogen-bond acceptors (Lipinski definition) is 7. The molecule has 2 aromatic rings. The lowest BCUT2D eigenvalue weighted by Crippen LogP contribution is -2.52. The largest absolute Gasteiger partial charge is 0.467 e. The predicted octanol–water partition coefficient (Wildman–Crippen LogP) is 0.495. The third kappa shape index (κ3) is 3.93. The summed E-state index contributed by atoms with van der Waals surface area (Å²) in [5, 5.41) is 0. The first-order valence-electron chi connectivity index (χ1n) is 10.1. The smallest absolute Gasteiger partial charge is 0.316 e. The van der Waals surface area contributed by atoms with Crippen LogP contribution in [0, 0.1) is 11.8 Å². The number of methoxy groups -OCH3 is 1. The van der Waals surface area contributed by atoms with Crippen LogP contribution in [0.4, 0.5) is 0 Å². The number of nitrogens with zero attached hydrogens (tertiary/aromatic N) is 4. The number of nitrogens with two attached hydrogens (primary N) is 2. The first-order valence-corrected chi connectivity index (χ1v) is 10.1. The van der Waals surface area contributed by atoms with E-state index in [4.69, 9.17) is 16.3 Å². The highest BCUT2D eigenvalue weighted by atomic mass is 16.5. The first kappa shape index (κ1) is 20.1. The van der Waals surface area contributed by atoms with E-state index < -0.39 is 0 Å². The summed E-state index contributed by atoms with van der Waals surface area (Å²) in [5.74, 6) is 6.72. The van der Waals surface area contributed by atoms with Crippen molar-refractivity contribution in [3.05, 3.63) is 52.6 Å². The van der Waals surface area contributed by atoms with Crippen LogP contribution in [-0.2, 0) is 4.79 Å². The molecule has 1 saturated heterocycles. The Kier molecular flexibility index (Phi) is 5.54. The molecule has 1 atom stereocenters. The molecule has 2 fully saturated rings. The molecule has 1 saturated carbocycles. The van der Waals surface area contributed by atoms with Crippen molar-refractivity contribution in [1.82, 2.24) is 19.5 Å². The molecule has 4 N–H and O–H groups in total. The molecule has 9 nitrogen and oxygen atoms in total. The zero-order valence-corrected chi connectivity index (χ0v) is 16.9. The van der Waals surface area contributed by atoms with Crippen LogP contribution in [-0.4, -0.2) is 52.2 Å². The number of nitrogen functional groups attached to an aromatic ring is 1. The van der Waals surface area contributed by atoms with Crippen molar-refractivity contribution >= 4 is 5.91 Å². The van der Waals surface area contributed by atoms with Gasteiger partial charge in [-0.1, -0.05) is 6.08 Å². The molecule has 2 aromatic heterocycles. The molecular formula is C21H26N6O3. The van der Waals surface area contributed by atoms with Crippen LogP contribution in [0.25, 0.3) is 11.3 Å². The Balaban J connectivity index is 1.63. The Bertz CT molecular complexity index is 1020. The third-order valence-electron chi connectivity index (χ3n) is 5.80. The van der Waals surface area contributed by atoms with Crippen LogP contribution in [0.1, 0.15) is 24.3 Å². The summed E-state index contributed by atoms with van der Waals surface area (Å²) in [7, 11) is 1.50. The van der Waals surface area contributed by atoms with E-state index in [0.717, 1.165) is 23.1 Å². The summed E-state index contributed by atoms with van der Waals surface area (Å²) >= 11 is 0. The number of carbonyl (C=O) groups excluding carboxylic acids is 1. The van der Waals surface area contributed by atoms with Gasteiger partial charge in [-0.3, -0.25) is 9.59 Å². The zero-order chi connectivity index (χ0) is 21.3. The number of likely N-dealkylation sites (tertiary alicyclic amines) is 1. The van der Waals surface area contributed by atoms with Gasteiger partial charge < -0.3 is 21.2 Å². The number of ether oxygens (including phenoxy) is 1. The lowest BCUT2D eigenvalue weighted by atomic mass is 9.78. The van der Waals surface area contributed by atoms with Crippen molar-refractivity contribution in [2.45, 2.75) is 18.8 Å². The molecule has 1 aliphatic carbocycles. The molecule has 1 unspecified atom stereocenters. The summed E-state index contributed by atoms with van der Waals surface area (Å²) in [5.41, 5.74) is 7.27. The monoisotopic (exact) mass is 410 g/mol. The lowest BCUT2D eigenvalue weighted by Gasteiger charge is -2.43. The molecule has 3 heterocycles. The van der Waals surface area contributed by atoms with Gasteiger partial charge >= 0.3 is 6.01 Å². The average Bonchev–Trinajstić information content (AvgIpc) is 3.56. The maximum absolute atomic E-state index is 12.9. The minimum absolute atomic E-state index is 0.0377. The second-order valence-electron chi connectivity index (χ2n) is 7.83. The van der Waals surface area contributed by atoms with Gasteiger partial charge in [0.2, 0.25) is 5.91 Å². The number of pyridine rings is 1. The molecule has 0 radical (unpaired) electrons. The molecule has 1 amide bonds. The van der Waals surface area contributed by atoms with Crippen molar-refractivity contribution in [3.63, 3.8) is 0 Å². The van der Waals surface area contributed by atoms with Gasteiger partial charge in [0.25, 0.3) is 5.56 Å². The minimum atomic E-state index is -0.204. The van der Waals surface area contributed by atoms with Gasteiger partial charge in [0.05, 0.1) is 12.8 Å². The molecule has 30 heavy (non-hydrogen) atoms. The Morgan fingerprint density at radius 3 is 2.80 bits per heavy atom. The third-order valence-corrected chi connectivity index (χ3v) is 5.80. The Morgan fingerprint density at radius 1 is 1.37 bits per heavy atom. The molecule has 0 bridgehead atoms. The first-order chi connectivity index (χ1) is 14.5. The van der Waals surface area contributed by atoms with E-state index in [1.807, 2.05) is 6.07 Å². The highest BCUT2D eigenvalue weighted by molar-refractivity contribution is 5.88. The quantitative estimate of drug-likeness (QED) is 0.502. The SMILES string of the molecule is COc1nccc(-c2cc(C(C3CC3)C3CN(C(=O)C=CCN)C3)c(=O)n(N)c2)n1. The molecule has 2 aliphatic rings. The topological polar surface area (TPSA) is 129 Å². The van der Waals surface area contributed by atoms with Crippen LogP contribution in [0.2, 0.25) is 0 Å². The maximum Gasteiger partial charge on any atom is 0.316 e. The van der Waals surface area contributed by atoms with Gasteiger partial charge in [-0.15, -0.1) is 0 Å². The number of aromatic nitrogens is 3. The molecule has 158 valence electrons. The van der Waals surface area contributed by atoms with E-state index in [1.54, 1.807) is 29.4 Å². The highest BCUT2D eigenvalue weighted by Crippen LogP contribution is 2.48. The van der Waals surface area contributed by atoms with E-state index in [1.165, 1.54) is 13.2 Å². The van der Waals surface area contributed by atoms with E-state index in [2.05, 4.69) is 9.97 Å². The zero-order valence-electron chi connectivity index (χ0n) is 16.9. The Hall–Kier alpha value is -3.20. The molecule has 0 spiro atoms. The molecule has 0 aromatic carbocycles. The summed E-state index contributed by atoms with van der Waals surface area (Å²) in [6.07, 6.45) is 8.51. The lowest BCUT2D eigenvalue weighted by molar-refractivity contribution is -0.132. The second kappa shape index (κ2) is 8.27. The number of hydrogen-bond donors (Lipinski definition) is 2. The normalized spacial score (nSPS) is 17.7. The van der Waals surface area contributed by atoms with Crippen LogP contribution in [0.3, 0.4) is 0 Å². The number of amides is 1. The van der Waals surface area contributed by atoms with Crippen LogP contribution in [0.15, 0.2) is 41.5 Å². The van der Waals surface area contributed by atoms with E-state index >= 15 is 0 Å². The van der Waals surface area contributed by atoms with Crippen LogP contribution in [0.5, 0.6) is 6.01 Å². The van der Waals surface area contributed by atoms with Crippen molar-refractivity contribution in [2.75, 3.05) is 32.6 Å². The Labute approximate surface area is 174 Å². The Morgan fingerprint density at radius 2 is 2.13 bits per heavy atom. The summed E-state index contributed by atoms with van der Waals surface area (Å²) < 4.78 is 6.24. The molecule has 1 aliphatic heterocycles. The van der Waals surface area contributed by atoms with E-state index in [-0.39, 0.29) is 29.3 Å². The fourth-order valence-electron chi connectivity index (χ4n) is 4.15. The van der Waals surface area contributed by atoms with Crippen molar-refractivity contribution in [2.24, 2.45) is 17.6 Å². The summed E-state index contributed by atoms with van der Waals surface area (Å²) in [6, 6.07) is 3.89. The van der Waals surface area contributed by atoms with Gasteiger partial charge in [-0.25, -0.2) is 9.66 Å². The standard InChI is InChI=1S/C21H26N6O3/c1-30-21-24-8-6-17(25-21)14-9-16(20(29)27(23)12-14)19(13-4-5-13)15-10-26(11-15)18(28)3-2-7-22/h2-3,6,8-9,12-13,15,19H,4-5,7,10-11,22-23H2,1H3. The molecular weight excluding hydrogens is 384 g/mol. The van der Waals surface area contributed by atoms with Gasteiger partial charge in [0.1, 0.15) is 0 Å². The minimum Gasteiger partial charge on any atom is -0.467 e. The highest BCUT2D eigenvalue weighted by Gasteiger charge is 2.44. The van der Waals surface area contributed by atoms with Gasteiger partial charge in [0.15, 0.2) is 0 Å². The van der Waals surface area contributed by atoms with Gasteiger partial charge in [0, 0.05) is 55.1 Å². The second-order valence-corrected chi connectivity index (χ2v) is 7.83. The maximum atomic E-state index is 12.9.